The number of nitrogens with zero attached hydrogens (tertiary/aromatic N) is 2. The second kappa shape index (κ2) is 6.88. The van der Waals surface area contributed by atoms with Gasteiger partial charge in [-0.2, -0.15) is 4.31 Å². The van der Waals surface area contributed by atoms with Crippen molar-refractivity contribution in [3.8, 4) is 0 Å². The monoisotopic (exact) mass is 333 g/mol. The third-order valence-corrected chi connectivity index (χ3v) is 5.25. The van der Waals surface area contributed by atoms with E-state index in [4.69, 9.17) is 9.63 Å². The van der Waals surface area contributed by atoms with Crippen LogP contribution in [0.15, 0.2) is 9.42 Å². The highest BCUT2D eigenvalue weighted by Crippen LogP contribution is 2.24. The molecule has 124 valence electrons. The van der Waals surface area contributed by atoms with Crippen LogP contribution in [0.25, 0.3) is 0 Å². The number of carbonyl (C=O) groups excluding carboxylic acids is 1. The Morgan fingerprint density at radius 3 is 2.41 bits per heavy atom. The number of sulfonamides is 1. The molecule has 0 radical (unpaired) electrons. The second-order valence-corrected chi connectivity index (χ2v) is 6.59. The lowest BCUT2D eigenvalue weighted by Crippen LogP contribution is -2.46. The predicted octanol–water partition coefficient (Wildman–Crippen LogP) is -0.109. The molecule has 1 aromatic rings. The predicted molar refractivity (Wildman–Crippen MR) is 75.7 cm³/mol. The largest absolute Gasteiger partial charge is 0.480 e. The fourth-order valence-electron chi connectivity index (χ4n) is 1.95. The minimum absolute atomic E-state index is 0.00441. The average Bonchev–Trinajstić information content (AvgIpc) is 2.73. The molecule has 0 aliphatic carbocycles. The van der Waals surface area contributed by atoms with Crippen LogP contribution in [0.2, 0.25) is 0 Å². The number of carbonyl (C=O) groups is 2. The van der Waals surface area contributed by atoms with Gasteiger partial charge in [-0.25, -0.2) is 8.42 Å². The Bertz CT molecular complexity index is 647. The number of aliphatic carboxylic acids is 1. The number of aromatic nitrogens is 1. The third kappa shape index (κ3) is 3.83. The molecule has 0 saturated carbocycles. The summed E-state index contributed by atoms with van der Waals surface area (Å²) in [6, 6.07) is -1.30. The molecule has 9 nitrogen and oxygen atoms in total. The zero-order valence-corrected chi connectivity index (χ0v) is 13.6. The van der Waals surface area contributed by atoms with Gasteiger partial charge in [0.2, 0.25) is 15.9 Å². The summed E-state index contributed by atoms with van der Waals surface area (Å²) in [5.41, 5.74) is 0.152. The van der Waals surface area contributed by atoms with Gasteiger partial charge in [0.05, 0.1) is 0 Å². The first kappa shape index (κ1) is 18.1. The molecule has 0 aliphatic heterocycles. The molecule has 0 bridgehead atoms. The Morgan fingerprint density at radius 1 is 1.41 bits per heavy atom. The molecule has 0 saturated heterocycles. The third-order valence-electron chi connectivity index (χ3n) is 3.03. The molecule has 1 heterocycles. The fourth-order valence-corrected chi connectivity index (χ4v) is 3.83. The summed E-state index contributed by atoms with van der Waals surface area (Å²) in [4.78, 5) is 21.9. The highest BCUT2D eigenvalue weighted by Gasteiger charge is 2.36. The van der Waals surface area contributed by atoms with Gasteiger partial charge in [-0.3, -0.25) is 9.59 Å². The van der Waals surface area contributed by atoms with E-state index in [1.54, 1.807) is 0 Å². The molecule has 1 aromatic heterocycles. The molecule has 1 unspecified atom stereocenters. The standard InChI is InChI=1S/C12H19N3O6S/c1-7-11(9(3)21-14-7)22(19,20)15(8(2)12(17)18)6-5-13-10(4)16/h8H,5-6H2,1-4H3,(H,13,16)(H,17,18). The van der Waals surface area contributed by atoms with Gasteiger partial charge in [0.1, 0.15) is 16.6 Å². The van der Waals surface area contributed by atoms with Crippen molar-refractivity contribution in [2.45, 2.75) is 38.6 Å². The maximum absolute atomic E-state index is 12.7. The molecule has 0 aliphatic rings. The van der Waals surface area contributed by atoms with E-state index in [1.807, 2.05) is 0 Å². The van der Waals surface area contributed by atoms with Crippen molar-refractivity contribution in [3.63, 3.8) is 0 Å². The Balaban J connectivity index is 3.19. The first-order valence-electron chi connectivity index (χ1n) is 6.51. The SMILES string of the molecule is CC(=O)NCCN(C(C)C(=O)O)S(=O)(=O)c1c(C)noc1C. The van der Waals surface area contributed by atoms with Gasteiger partial charge in [0.15, 0.2) is 5.76 Å². The lowest BCUT2D eigenvalue weighted by Gasteiger charge is -2.25. The molecule has 22 heavy (non-hydrogen) atoms. The topological polar surface area (TPSA) is 130 Å². The number of rotatable bonds is 7. The van der Waals surface area contributed by atoms with E-state index in [9.17, 15) is 18.0 Å². The summed E-state index contributed by atoms with van der Waals surface area (Å²) in [6.07, 6.45) is 0. The Morgan fingerprint density at radius 2 is 2.00 bits per heavy atom. The lowest BCUT2D eigenvalue weighted by atomic mass is 10.3. The zero-order chi connectivity index (χ0) is 17.1. The molecule has 0 aromatic carbocycles. The summed E-state index contributed by atoms with van der Waals surface area (Å²) in [5, 5.41) is 15.1. The highest BCUT2D eigenvalue weighted by atomic mass is 32.2. The van der Waals surface area contributed by atoms with Crippen LogP contribution in [-0.2, 0) is 19.6 Å². The first-order chi connectivity index (χ1) is 10.1. The number of hydrogen-bond donors (Lipinski definition) is 2. The smallest absolute Gasteiger partial charge is 0.321 e. The number of nitrogens with one attached hydrogen (secondary N) is 1. The molecular formula is C12H19N3O6S. The minimum atomic E-state index is -4.12. The van der Waals surface area contributed by atoms with Crippen molar-refractivity contribution in [3.05, 3.63) is 11.5 Å². The molecule has 0 fully saturated rings. The van der Waals surface area contributed by atoms with Crippen molar-refractivity contribution < 1.29 is 27.6 Å². The average molecular weight is 333 g/mol. The van der Waals surface area contributed by atoms with Crippen LogP contribution in [0.3, 0.4) is 0 Å². The fraction of sp³-hybridized carbons (Fsp3) is 0.583. The van der Waals surface area contributed by atoms with Gasteiger partial charge < -0.3 is 14.9 Å². The number of carboxylic acid groups (broad SMARTS) is 1. The van der Waals surface area contributed by atoms with E-state index in [0.717, 1.165) is 4.31 Å². The molecule has 1 rings (SSSR count). The normalized spacial score (nSPS) is 13.1. The van der Waals surface area contributed by atoms with Crippen LogP contribution < -0.4 is 5.32 Å². The van der Waals surface area contributed by atoms with Gasteiger partial charge in [-0.1, -0.05) is 5.16 Å². The van der Waals surface area contributed by atoms with Crippen LogP contribution >= 0.6 is 0 Å². The Kier molecular flexibility index (Phi) is 5.66. The van der Waals surface area contributed by atoms with E-state index in [0.29, 0.717) is 0 Å². The van der Waals surface area contributed by atoms with Crippen molar-refractivity contribution in [1.29, 1.82) is 0 Å². The van der Waals surface area contributed by atoms with E-state index in [-0.39, 0.29) is 35.3 Å². The number of amides is 1. The van der Waals surface area contributed by atoms with Crippen molar-refractivity contribution in [1.82, 2.24) is 14.8 Å². The van der Waals surface area contributed by atoms with Crippen LogP contribution in [0, 0.1) is 13.8 Å². The highest BCUT2D eigenvalue weighted by molar-refractivity contribution is 7.89. The maximum atomic E-state index is 12.7. The van der Waals surface area contributed by atoms with Crippen LogP contribution in [0.1, 0.15) is 25.3 Å². The number of carboxylic acids is 1. The van der Waals surface area contributed by atoms with Gasteiger partial charge >= 0.3 is 5.97 Å². The van der Waals surface area contributed by atoms with Crippen molar-refractivity contribution in [2.75, 3.05) is 13.1 Å². The van der Waals surface area contributed by atoms with E-state index < -0.39 is 22.0 Å². The summed E-state index contributed by atoms with van der Waals surface area (Å²) < 4.78 is 31.1. The Labute approximate surface area is 128 Å². The molecule has 1 amide bonds. The van der Waals surface area contributed by atoms with E-state index in [1.165, 1.54) is 27.7 Å². The maximum Gasteiger partial charge on any atom is 0.321 e. The van der Waals surface area contributed by atoms with E-state index in [2.05, 4.69) is 10.5 Å². The zero-order valence-electron chi connectivity index (χ0n) is 12.8. The summed E-state index contributed by atoms with van der Waals surface area (Å²) in [5.74, 6) is -1.55. The number of hydrogen-bond acceptors (Lipinski definition) is 6. The van der Waals surface area contributed by atoms with Gasteiger partial charge in [-0.05, 0) is 20.8 Å². The number of aryl methyl sites for hydroxylation is 2. The van der Waals surface area contributed by atoms with Gasteiger partial charge in [0.25, 0.3) is 0 Å². The first-order valence-corrected chi connectivity index (χ1v) is 7.95. The van der Waals surface area contributed by atoms with Gasteiger partial charge in [-0.15, -0.1) is 0 Å². The minimum Gasteiger partial charge on any atom is -0.480 e. The molecular weight excluding hydrogens is 314 g/mol. The molecule has 10 heteroatoms. The van der Waals surface area contributed by atoms with Crippen molar-refractivity contribution in [2.24, 2.45) is 0 Å². The summed E-state index contributed by atoms with van der Waals surface area (Å²) >= 11 is 0. The molecule has 2 N–H and O–H groups in total. The van der Waals surface area contributed by atoms with E-state index >= 15 is 0 Å². The van der Waals surface area contributed by atoms with Crippen LogP contribution in [-0.4, -0.2) is 54.0 Å². The van der Waals surface area contributed by atoms with Crippen LogP contribution in [0.4, 0.5) is 0 Å². The second-order valence-electron chi connectivity index (χ2n) is 4.77. The molecule has 0 spiro atoms. The van der Waals surface area contributed by atoms with Gasteiger partial charge in [0, 0.05) is 20.0 Å². The van der Waals surface area contributed by atoms with Crippen LogP contribution in [0.5, 0.6) is 0 Å². The lowest BCUT2D eigenvalue weighted by molar-refractivity contribution is -0.140. The summed E-state index contributed by atoms with van der Waals surface area (Å²) in [7, 11) is -4.12. The quantitative estimate of drug-likeness (QED) is 0.712. The molecule has 1 atom stereocenters. The Hall–Kier alpha value is -1.94. The van der Waals surface area contributed by atoms with Crippen molar-refractivity contribution >= 4 is 21.9 Å². The summed E-state index contributed by atoms with van der Waals surface area (Å²) in [6.45, 7) is 5.25.